The number of nitrogens with zero attached hydrogens (tertiary/aromatic N) is 1. The van der Waals surface area contributed by atoms with E-state index in [0.717, 1.165) is 16.5 Å². The standard InChI is InChI=1S/C15H12N2O/c1-10-2-4-11(5-3-10)13-9-17-15(18)14-8-16-7-6-12(13)14/h2-9H,1H3,(H,17,18). The summed E-state index contributed by atoms with van der Waals surface area (Å²) in [6, 6.07) is 10.1. The molecule has 0 radical (unpaired) electrons. The van der Waals surface area contributed by atoms with Gasteiger partial charge in [-0.25, -0.2) is 0 Å². The predicted molar refractivity (Wildman–Crippen MR) is 72.5 cm³/mol. The van der Waals surface area contributed by atoms with Crippen LogP contribution in [0.2, 0.25) is 0 Å². The Morgan fingerprint density at radius 2 is 1.83 bits per heavy atom. The minimum absolute atomic E-state index is 0.103. The van der Waals surface area contributed by atoms with Crippen LogP contribution >= 0.6 is 0 Å². The molecule has 3 aromatic rings. The number of nitrogens with one attached hydrogen (secondary N) is 1. The third-order valence-corrected chi connectivity index (χ3v) is 3.07. The molecule has 0 amide bonds. The molecule has 0 bridgehead atoms. The lowest BCUT2D eigenvalue weighted by Gasteiger charge is -2.06. The lowest BCUT2D eigenvalue weighted by atomic mass is 10.0. The van der Waals surface area contributed by atoms with Crippen LogP contribution < -0.4 is 5.56 Å². The zero-order valence-electron chi connectivity index (χ0n) is 9.97. The minimum atomic E-state index is -0.103. The summed E-state index contributed by atoms with van der Waals surface area (Å²) < 4.78 is 0. The SMILES string of the molecule is Cc1ccc(-c2c[nH]c(=O)c3cnccc23)cc1. The van der Waals surface area contributed by atoms with Gasteiger partial charge in [-0.15, -0.1) is 0 Å². The van der Waals surface area contributed by atoms with Gasteiger partial charge in [-0.05, 0) is 23.9 Å². The number of aryl methyl sites for hydroxylation is 1. The van der Waals surface area contributed by atoms with Gasteiger partial charge >= 0.3 is 0 Å². The summed E-state index contributed by atoms with van der Waals surface area (Å²) in [5, 5.41) is 1.55. The quantitative estimate of drug-likeness (QED) is 0.706. The Morgan fingerprint density at radius 3 is 2.61 bits per heavy atom. The Bertz CT molecular complexity index is 757. The number of hydrogen-bond donors (Lipinski definition) is 1. The van der Waals surface area contributed by atoms with E-state index in [9.17, 15) is 4.79 Å². The maximum absolute atomic E-state index is 11.7. The van der Waals surface area contributed by atoms with Crippen molar-refractivity contribution < 1.29 is 0 Å². The summed E-state index contributed by atoms with van der Waals surface area (Å²) in [6.07, 6.45) is 5.07. The van der Waals surface area contributed by atoms with Gasteiger partial charge in [0.15, 0.2) is 0 Å². The Hall–Kier alpha value is -2.42. The second-order valence-corrected chi connectivity index (χ2v) is 4.32. The number of aromatic nitrogens is 2. The number of fused-ring (bicyclic) bond motifs is 1. The van der Waals surface area contributed by atoms with Crippen molar-refractivity contribution in [3.8, 4) is 11.1 Å². The molecule has 2 aromatic heterocycles. The third-order valence-electron chi connectivity index (χ3n) is 3.07. The highest BCUT2D eigenvalue weighted by Crippen LogP contribution is 2.25. The average molecular weight is 236 g/mol. The molecule has 0 aliphatic heterocycles. The number of rotatable bonds is 1. The van der Waals surface area contributed by atoms with E-state index in [1.165, 1.54) is 5.56 Å². The average Bonchev–Trinajstić information content (AvgIpc) is 2.41. The number of aromatic amines is 1. The van der Waals surface area contributed by atoms with Crippen LogP contribution in [0.25, 0.3) is 21.9 Å². The number of hydrogen-bond acceptors (Lipinski definition) is 2. The molecule has 2 heterocycles. The lowest BCUT2D eigenvalue weighted by molar-refractivity contribution is 1.26. The molecule has 3 rings (SSSR count). The fraction of sp³-hybridized carbons (Fsp3) is 0.0667. The van der Waals surface area contributed by atoms with Gasteiger partial charge in [0.05, 0.1) is 5.39 Å². The van der Waals surface area contributed by atoms with Crippen molar-refractivity contribution in [1.82, 2.24) is 9.97 Å². The van der Waals surface area contributed by atoms with Crippen molar-refractivity contribution >= 4 is 10.8 Å². The van der Waals surface area contributed by atoms with E-state index in [-0.39, 0.29) is 5.56 Å². The van der Waals surface area contributed by atoms with Gasteiger partial charge in [0.2, 0.25) is 0 Å². The van der Waals surface area contributed by atoms with Crippen LogP contribution in [0.5, 0.6) is 0 Å². The Kier molecular flexibility index (Phi) is 2.45. The summed E-state index contributed by atoms with van der Waals surface area (Å²) in [7, 11) is 0. The highest BCUT2D eigenvalue weighted by atomic mass is 16.1. The van der Waals surface area contributed by atoms with Crippen molar-refractivity contribution in [2.45, 2.75) is 6.92 Å². The van der Waals surface area contributed by atoms with Crippen LogP contribution in [0.3, 0.4) is 0 Å². The van der Waals surface area contributed by atoms with E-state index < -0.39 is 0 Å². The van der Waals surface area contributed by atoms with Crippen molar-refractivity contribution in [1.29, 1.82) is 0 Å². The van der Waals surface area contributed by atoms with Crippen molar-refractivity contribution in [3.63, 3.8) is 0 Å². The molecular formula is C15H12N2O. The monoisotopic (exact) mass is 236 g/mol. The molecule has 1 aromatic carbocycles. The Balaban J connectivity index is 2.33. The van der Waals surface area contributed by atoms with Crippen LogP contribution in [-0.2, 0) is 0 Å². The zero-order valence-corrected chi connectivity index (χ0v) is 9.97. The zero-order chi connectivity index (χ0) is 12.5. The summed E-state index contributed by atoms with van der Waals surface area (Å²) in [5.74, 6) is 0. The normalized spacial score (nSPS) is 10.7. The van der Waals surface area contributed by atoms with E-state index in [1.54, 1.807) is 18.6 Å². The Labute approximate surface area is 104 Å². The van der Waals surface area contributed by atoms with Gasteiger partial charge in [-0.2, -0.15) is 0 Å². The molecule has 0 unspecified atom stereocenters. The largest absolute Gasteiger partial charge is 0.328 e. The second kappa shape index (κ2) is 4.11. The highest BCUT2D eigenvalue weighted by molar-refractivity contribution is 5.95. The summed E-state index contributed by atoms with van der Waals surface area (Å²) in [5.41, 5.74) is 3.23. The fourth-order valence-electron chi connectivity index (χ4n) is 2.08. The number of H-pyrrole nitrogens is 1. The molecule has 88 valence electrons. The molecule has 0 atom stereocenters. The maximum Gasteiger partial charge on any atom is 0.257 e. The van der Waals surface area contributed by atoms with Gasteiger partial charge in [-0.1, -0.05) is 29.8 Å². The molecule has 0 aliphatic rings. The predicted octanol–water partition coefficient (Wildman–Crippen LogP) is 2.90. The van der Waals surface area contributed by atoms with Crippen LogP contribution in [0.4, 0.5) is 0 Å². The van der Waals surface area contributed by atoms with Crippen LogP contribution in [0, 0.1) is 6.92 Å². The fourth-order valence-corrected chi connectivity index (χ4v) is 2.08. The number of pyridine rings is 2. The molecule has 3 heteroatoms. The van der Waals surface area contributed by atoms with Gasteiger partial charge < -0.3 is 4.98 Å². The second-order valence-electron chi connectivity index (χ2n) is 4.32. The van der Waals surface area contributed by atoms with Gasteiger partial charge in [-0.3, -0.25) is 9.78 Å². The van der Waals surface area contributed by atoms with Gasteiger partial charge in [0.25, 0.3) is 5.56 Å². The van der Waals surface area contributed by atoms with E-state index in [2.05, 4.69) is 41.2 Å². The molecule has 1 N–H and O–H groups in total. The molecular weight excluding hydrogens is 224 g/mol. The topological polar surface area (TPSA) is 45.8 Å². The summed E-state index contributed by atoms with van der Waals surface area (Å²) in [4.78, 5) is 18.5. The molecule has 0 spiro atoms. The van der Waals surface area contributed by atoms with E-state index in [1.807, 2.05) is 6.07 Å². The first-order valence-corrected chi connectivity index (χ1v) is 5.78. The van der Waals surface area contributed by atoms with E-state index >= 15 is 0 Å². The molecule has 0 saturated heterocycles. The first kappa shape index (κ1) is 10.7. The first-order chi connectivity index (χ1) is 8.75. The molecule has 0 aliphatic carbocycles. The van der Waals surface area contributed by atoms with E-state index in [0.29, 0.717) is 5.39 Å². The maximum atomic E-state index is 11.7. The highest BCUT2D eigenvalue weighted by Gasteiger charge is 2.06. The molecule has 0 saturated carbocycles. The molecule has 18 heavy (non-hydrogen) atoms. The van der Waals surface area contributed by atoms with Gasteiger partial charge in [0, 0.05) is 24.2 Å². The lowest BCUT2D eigenvalue weighted by Crippen LogP contribution is -2.06. The van der Waals surface area contributed by atoms with Crippen molar-refractivity contribution in [3.05, 3.63) is 64.8 Å². The molecule has 3 nitrogen and oxygen atoms in total. The van der Waals surface area contributed by atoms with Crippen LogP contribution in [-0.4, -0.2) is 9.97 Å². The van der Waals surface area contributed by atoms with E-state index in [4.69, 9.17) is 0 Å². The van der Waals surface area contributed by atoms with Crippen LogP contribution in [0.15, 0.2) is 53.7 Å². The molecule has 0 fully saturated rings. The number of benzene rings is 1. The van der Waals surface area contributed by atoms with Crippen molar-refractivity contribution in [2.24, 2.45) is 0 Å². The Morgan fingerprint density at radius 1 is 1.06 bits per heavy atom. The van der Waals surface area contributed by atoms with Crippen molar-refractivity contribution in [2.75, 3.05) is 0 Å². The summed E-state index contributed by atoms with van der Waals surface area (Å²) >= 11 is 0. The third kappa shape index (κ3) is 1.70. The summed E-state index contributed by atoms with van der Waals surface area (Å²) in [6.45, 7) is 2.05. The van der Waals surface area contributed by atoms with Gasteiger partial charge in [0.1, 0.15) is 0 Å². The van der Waals surface area contributed by atoms with Crippen LogP contribution in [0.1, 0.15) is 5.56 Å². The smallest absolute Gasteiger partial charge is 0.257 e. The minimum Gasteiger partial charge on any atom is -0.328 e. The first-order valence-electron chi connectivity index (χ1n) is 5.78.